The molecule has 1 saturated carbocycles. The van der Waals surface area contributed by atoms with Crippen molar-refractivity contribution in [3.05, 3.63) is 54.1 Å². The first kappa shape index (κ1) is 21.2. The van der Waals surface area contributed by atoms with Gasteiger partial charge in [0.05, 0.1) is 11.5 Å². The van der Waals surface area contributed by atoms with Crippen LogP contribution in [-0.2, 0) is 10.0 Å². The highest BCUT2D eigenvalue weighted by Crippen LogP contribution is 2.30. The molecule has 0 atom stereocenters. The topological polar surface area (TPSA) is 75.7 Å². The number of nitrogens with zero attached hydrogens (tertiary/aromatic N) is 1. The van der Waals surface area contributed by atoms with Crippen LogP contribution in [0.3, 0.4) is 0 Å². The molecule has 0 spiro atoms. The van der Waals surface area contributed by atoms with E-state index in [0.29, 0.717) is 36.1 Å². The SMILES string of the molecule is CCCN(CC1CC1)C(=O)c1ccc(S(=O)(=O)Nc2ccc(OCC)cc2)cc1. The maximum absolute atomic E-state index is 12.8. The molecule has 3 rings (SSSR count). The number of anilines is 1. The first-order valence-electron chi connectivity index (χ1n) is 10.1. The summed E-state index contributed by atoms with van der Waals surface area (Å²) >= 11 is 0. The summed E-state index contributed by atoms with van der Waals surface area (Å²) in [5.74, 6) is 1.26. The maximum atomic E-state index is 12.8. The summed E-state index contributed by atoms with van der Waals surface area (Å²) in [7, 11) is -3.74. The first-order valence-corrected chi connectivity index (χ1v) is 11.6. The third-order valence-corrected chi connectivity index (χ3v) is 6.18. The molecule has 0 heterocycles. The lowest BCUT2D eigenvalue weighted by Gasteiger charge is -2.22. The molecule has 2 aromatic carbocycles. The lowest BCUT2D eigenvalue weighted by atomic mass is 10.2. The van der Waals surface area contributed by atoms with Gasteiger partial charge in [0.25, 0.3) is 15.9 Å². The Hall–Kier alpha value is -2.54. The van der Waals surface area contributed by atoms with E-state index >= 15 is 0 Å². The number of hydrogen-bond donors (Lipinski definition) is 1. The van der Waals surface area contributed by atoms with Gasteiger partial charge in [-0.2, -0.15) is 0 Å². The van der Waals surface area contributed by atoms with Crippen molar-refractivity contribution in [1.29, 1.82) is 0 Å². The lowest BCUT2D eigenvalue weighted by molar-refractivity contribution is 0.0747. The number of nitrogens with one attached hydrogen (secondary N) is 1. The Morgan fingerprint density at radius 2 is 1.72 bits per heavy atom. The number of rotatable bonds is 10. The number of ether oxygens (including phenoxy) is 1. The van der Waals surface area contributed by atoms with Gasteiger partial charge in [0, 0.05) is 24.3 Å². The van der Waals surface area contributed by atoms with Gasteiger partial charge in [-0.3, -0.25) is 9.52 Å². The Labute approximate surface area is 172 Å². The van der Waals surface area contributed by atoms with Crippen molar-refractivity contribution in [2.75, 3.05) is 24.4 Å². The Morgan fingerprint density at radius 1 is 1.07 bits per heavy atom. The van der Waals surface area contributed by atoms with Crippen molar-refractivity contribution >= 4 is 21.6 Å². The van der Waals surface area contributed by atoms with E-state index in [1.54, 1.807) is 36.4 Å². The summed E-state index contributed by atoms with van der Waals surface area (Å²) < 4.78 is 33.2. The van der Waals surface area contributed by atoms with Crippen molar-refractivity contribution in [3.63, 3.8) is 0 Å². The molecule has 0 unspecified atom stereocenters. The van der Waals surface area contributed by atoms with Crippen LogP contribution in [0.4, 0.5) is 5.69 Å². The smallest absolute Gasteiger partial charge is 0.261 e. The number of benzene rings is 2. The fourth-order valence-electron chi connectivity index (χ4n) is 3.12. The fraction of sp³-hybridized carbons (Fsp3) is 0.409. The number of carbonyl (C=O) groups is 1. The molecule has 1 amide bonds. The van der Waals surface area contributed by atoms with Crippen LogP contribution in [0.15, 0.2) is 53.4 Å². The summed E-state index contributed by atoms with van der Waals surface area (Å²) in [6, 6.07) is 12.9. The number of hydrogen-bond acceptors (Lipinski definition) is 4. The molecule has 0 aliphatic heterocycles. The first-order chi connectivity index (χ1) is 13.9. The minimum Gasteiger partial charge on any atom is -0.494 e. The van der Waals surface area contributed by atoms with E-state index in [4.69, 9.17) is 4.74 Å². The van der Waals surface area contributed by atoms with E-state index in [1.165, 1.54) is 25.0 Å². The molecule has 1 N–H and O–H groups in total. The van der Waals surface area contributed by atoms with Crippen molar-refractivity contribution in [2.45, 2.75) is 38.0 Å². The van der Waals surface area contributed by atoms with Crippen molar-refractivity contribution in [3.8, 4) is 5.75 Å². The highest BCUT2D eigenvalue weighted by Gasteiger charge is 2.27. The number of sulfonamides is 1. The van der Waals surface area contributed by atoms with E-state index in [-0.39, 0.29) is 10.8 Å². The van der Waals surface area contributed by atoms with E-state index in [1.807, 2.05) is 11.8 Å². The van der Waals surface area contributed by atoms with Gasteiger partial charge in [-0.25, -0.2) is 8.42 Å². The minimum absolute atomic E-state index is 0.0397. The summed E-state index contributed by atoms with van der Waals surface area (Å²) in [4.78, 5) is 14.8. The minimum atomic E-state index is -3.74. The van der Waals surface area contributed by atoms with Gasteiger partial charge in [-0.1, -0.05) is 6.92 Å². The normalized spacial score (nSPS) is 13.7. The number of amides is 1. The van der Waals surface area contributed by atoms with Gasteiger partial charge in [0.2, 0.25) is 0 Å². The zero-order valence-corrected chi connectivity index (χ0v) is 17.7. The van der Waals surface area contributed by atoms with Crippen LogP contribution in [0.5, 0.6) is 5.75 Å². The summed E-state index contributed by atoms with van der Waals surface area (Å²) in [5.41, 5.74) is 0.964. The van der Waals surface area contributed by atoms with Crippen LogP contribution in [0.1, 0.15) is 43.5 Å². The monoisotopic (exact) mass is 416 g/mol. The largest absolute Gasteiger partial charge is 0.494 e. The molecule has 7 heteroatoms. The highest BCUT2D eigenvalue weighted by atomic mass is 32.2. The standard InChI is InChI=1S/C22H28N2O4S/c1-3-15-24(16-17-5-6-17)22(25)18-7-13-21(14-8-18)29(26,27)23-19-9-11-20(12-10-19)28-4-2/h7-14,17,23H,3-6,15-16H2,1-2H3. The quantitative estimate of drug-likeness (QED) is 0.631. The van der Waals surface area contributed by atoms with Crippen LogP contribution >= 0.6 is 0 Å². The zero-order chi connectivity index (χ0) is 20.9. The van der Waals surface area contributed by atoms with E-state index in [9.17, 15) is 13.2 Å². The molecule has 0 aromatic heterocycles. The van der Waals surface area contributed by atoms with Crippen LogP contribution in [0.2, 0.25) is 0 Å². The van der Waals surface area contributed by atoms with Gasteiger partial charge < -0.3 is 9.64 Å². The average Bonchev–Trinajstić information content (AvgIpc) is 3.53. The third-order valence-electron chi connectivity index (χ3n) is 4.79. The highest BCUT2D eigenvalue weighted by molar-refractivity contribution is 7.92. The maximum Gasteiger partial charge on any atom is 0.261 e. The molecule has 1 aliphatic rings. The molecular formula is C22H28N2O4S. The van der Waals surface area contributed by atoms with Crippen LogP contribution in [0, 0.1) is 5.92 Å². The summed E-state index contributed by atoms with van der Waals surface area (Å²) in [6.45, 7) is 5.99. The Kier molecular flexibility index (Phi) is 6.79. The number of carbonyl (C=O) groups excluding carboxylic acids is 1. The Morgan fingerprint density at radius 3 is 2.28 bits per heavy atom. The second-order valence-electron chi connectivity index (χ2n) is 7.28. The molecule has 1 fully saturated rings. The second kappa shape index (κ2) is 9.31. The van der Waals surface area contributed by atoms with Crippen molar-refractivity contribution < 1.29 is 17.9 Å². The molecule has 156 valence electrons. The van der Waals surface area contributed by atoms with Gasteiger partial charge in [-0.05, 0) is 80.6 Å². The molecule has 0 saturated heterocycles. The second-order valence-corrected chi connectivity index (χ2v) is 8.96. The van der Waals surface area contributed by atoms with E-state index in [2.05, 4.69) is 11.6 Å². The van der Waals surface area contributed by atoms with Crippen LogP contribution in [-0.4, -0.2) is 38.9 Å². The van der Waals surface area contributed by atoms with Crippen LogP contribution in [0.25, 0.3) is 0 Å². The third kappa shape index (κ3) is 5.73. The zero-order valence-electron chi connectivity index (χ0n) is 16.9. The van der Waals surface area contributed by atoms with Gasteiger partial charge >= 0.3 is 0 Å². The van der Waals surface area contributed by atoms with E-state index in [0.717, 1.165) is 13.0 Å². The molecule has 1 aliphatic carbocycles. The van der Waals surface area contributed by atoms with Crippen molar-refractivity contribution in [1.82, 2.24) is 4.90 Å². The van der Waals surface area contributed by atoms with Gasteiger partial charge in [0.15, 0.2) is 0 Å². The predicted molar refractivity (Wildman–Crippen MR) is 114 cm³/mol. The fourth-order valence-corrected chi connectivity index (χ4v) is 4.18. The Balaban J connectivity index is 1.69. The molecule has 0 bridgehead atoms. The van der Waals surface area contributed by atoms with Crippen molar-refractivity contribution in [2.24, 2.45) is 5.92 Å². The Bertz CT molecular complexity index is 920. The molecule has 29 heavy (non-hydrogen) atoms. The molecular weight excluding hydrogens is 388 g/mol. The van der Waals surface area contributed by atoms with E-state index < -0.39 is 10.0 Å². The van der Waals surface area contributed by atoms with Crippen LogP contribution < -0.4 is 9.46 Å². The molecule has 6 nitrogen and oxygen atoms in total. The summed E-state index contributed by atoms with van der Waals surface area (Å²) in [5, 5.41) is 0. The van der Waals surface area contributed by atoms with Gasteiger partial charge in [-0.15, -0.1) is 0 Å². The lowest BCUT2D eigenvalue weighted by Crippen LogP contribution is -2.33. The molecule has 2 aromatic rings. The molecule has 0 radical (unpaired) electrons. The van der Waals surface area contributed by atoms with Gasteiger partial charge in [0.1, 0.15) is 5.75 Å². The average molecular weight is 417 g/mol. The summed E-state index contributed by atoms with van der Waals surface area (Å²) in [6.07, 6.45) is 3.26. The predicted octanol–water partition coefficient (Wildman–Crippen LogP) is 4.15.